The standard InChI is InChI=1S/C30H33N3O7/c1-18(7-6-10-26(36)32-16-21-9-5-4-8-20(21)13-23(32)17-34)30(39)24-14-22(11-12-25(24)31(3)29(30)38)33-27(37)15-28(33)40-19(2)35/h4-9,11-12,14,18,23,28,34,39H,10,13,15-17H2,1-3H3/b7-6+/t18-,23-,28?,30+/m0/s1. The first-order valence-electron chi connectivity index (χ1n) is 13.3. The van der Waals surface area contributed by atoms with Crippen molar-refractivity contribution < 1.29 is 34.1 Å². The molecule has 1 unspecified atom stereocenters. The Kier molecular flexibility index (Phi) is 7.24. The summed E-state index contributed by atoms with van der Waals surface area (Å²) in [5.41, 5.74) is 1.49. The van der Waals surface area contributed by atoms with Crippen LogP contribution in [0.5, 0.6) is 0 Å². The van der Waals surface area contributed by atoms with E-state index in [1.807, 2.05) is 24.3 Å². The fraction of sp³-hybridized carbons (Fsp3) is 0.400. The number of benzene rings is 2. The normalized spacial score (nSPS) is 24.6. The molecule has 5 rings (SSSR count). The quantitative estimate of drug-likeness (QED) is 0.308. The first-order valence-corrected chi connectivity index (χ1v) is 13.3. The van der Waals surface area contributed by atoms with E-state index < -0.39 is 29.6 Å². The molecule has 3 heterocycles. The molecule has 0 bridgehead atoms. The van der Waals surface area contributed by atoms with Gasteiger partial charge in [0, 0.05) is 44.1 Å². The number of hydrogen-bond donors (Lipinski definition) is 2. The zero-order valence-electron chi connectivity index (χ0n) is 22.7. The molecule has 2 N–H and O–H groups in total. The average Bonchev–Trinajstić information content (AvgIpc) is 3.12. The van der Waals surface area contributed by atoms with Crippen molar-refractivity contribution in [1.82, 2.24) is 4.90 Å². The molecule has 10 nitrogen and oxygen atoms in total. The Balaban J connectivity index is 1.34. The SMILES string of the molecule is CC(=O)OC1CC(=O)N1c1ccc2c(c1)[C@](O)([C@@H](C)/C=C/CC(=O)N1Cc3ccccc3C[C@H]1CO)C(=O)N2C. The van der Waals surface area contributed by atoms with Crippen molar-refractivity contribution in [2.24, 2.45) is 5.92 Å². The molecule has 0 aliphatic carbocycles. The van der Waals surface area contributed by atoms with Crippen LogP contribution in [0.4, 0.5) is 11.4 Å². The molecule has 1 fully saturated rings. The van der Waals surface area contributed by atoms with Gasteiger partial charge in [0.05, 0.1) is 24.8 Å². The topological polar surface area (TPSA) is 128 Å². The Hall–Kier alpha value is -4.02. The van der Waals surface area contributed by atoms with E-state index in [1.165, 1.54) is 16.7 Å². The van der Waals surface area contributed by atoms with Crippen LogP contribution >= 0.6 is 0 Å². The summed E-state index contributed by atoms with van der Waals surface area (Å²) in [6.45, 7) is 3.23. The lowest BCUT2D eigenvalue weighted by atomic mass is 9.82. The van der Waals surface area contributed by atoms with Crippen LogP contribution in [-0.4, -0.2) is 64.7 Å². The van der Waals surface area contributed by atoms with Gasteiger partial charge in [-0.15, -0.1) is 0 Å². The van der Waals surface area contributed by atoms with Crippen molar-refractivity contribution in [3.63, 3.8) is 0 Å². The molecule has 3 aliphatic heterocycles. The van der Waals surface area contributed by atoms with Gasteiger partial charge in [-0.2, -0.15) is 0 Å². The number of anilines is 2. The maximum absolute atomic E-state index is 13.3. The minimum absolute atomic E-state index is 0.0440. The number of hydrogen-bond acceptors (Lipinski definition) is 7. The van der Waals surface area contributed by atoms with Gasteiger partial charge in [-0.1, -0.05) is 43.3 Å². The Morgan fingerprint density at radius 3 is 2.55 bits per heavy atom. The summed E-state index contributed by atoms with van der Waals surface area (Å²) in [6.07, 6.45) is 3.24. The summed E-state index contributed by atoms with van der Waals surface area (Å²) in [5.74, 6) is -2.14. The molecule has 40 heavy (non-hydrogen) atoms. The van der Waals surface area contributed by atoms with Crippen molar-refractivity contribution in [3.05, 3.63) is 71.3 Å². The molecule has 4 atom stereocenters. The van der Waals surface area contributed by atoms with Gasteiger partial charge in [0.2, 0.25) is 11.8 Å². The number of rotatable bonds is 7. The lowest BCUT2D eigenvalue weighted by Crippen LogP contribution is -2.55. The van der Waals surface area contributed by atoms with Crippen molar-refractivity contribution >= 4 is 35.1 Å². The molecular weight excluding hydrogens is 514 g/mol. The second-order valence-corrected chi connectivity index (χ2v) is 10.6. The minimum Gasteiger partial charge on any atom is -0.441 e. The van der Waals surface area contributed by atoms with E-state index >= 15 is 0 Å². The first kappa shape index (κ1) is 27.5. The van der Waals surface area contributed by atoms with Crippen LogP contribution < -0.4 is 9.80 Å². The van der Waals surface area contributed by atoms with Crippen LogP contribution in [0.3, 0.4) is 0 Å². The van der Waals surface area contributed by atoms with E-state index in [4.69, 9.17) is 4.74 Å². The van der Waals surface area contributed by atoms with Crippen LogP contribution in [-0.2, 0) is 42.5 Å². The molecule has 1 saturated heterocycles. The lowest BCUT2D eigenvalue weighted by Gasteiger charge is -2.39. The second kappa shape index (κ2) is 10.5. The number of carbonyl (C=O) groups is 4. The van der Waals surface area contributed by atoms with Gasteiger partial charge in [-0.05, 0) is 35.7 Å². The number of aliphatic hydroxyl groups is 2. The highest BCUT2D eigenvalue weighted by atomic mass is 16.6. The summed E-state index contributed by atoms with van der Waals surface area (Å²) in [7, 11) is 1.57. The maximum atomic E-state index is 13.3. The number of fused-ring (bicyclic) bond motifs is 2. The van der Waals surface area contributed by atoms with Crippen molar-refractivity contribution in [2.45, 2.75) is 57.5 Å². The Morgan fingerprint density at radius 2 is 1.88 bits per heavy atom. The second-order valence-electron chi connectivity index (χ2n) is 10.6. The number of nitrogens with zero attached hydrogens (tertiary/aromatic N) is 3. The molecule has 2 aromatic rings. The maximum Gasteiger partial charge on any atom is 0.304 e. The van der Waals surface area contributed by atoms with Gasteiger partial charge >= 0.3 is 5.97 Å². The van der Waals surface area contributed by atoms with E-state index in [2.05, 4.69) is 0 Å². The number of amides is 3. The Bertz CT molecular complexity index is 1410. The minimum atomic E-state index is -1.93. The van der Waals surface area contributed by atoms with Crippen LogP contribution in [0.2, 0.25) is 0 Å². The molecule has 2 aromatic carbocycles. The van der Waals surface area contributed by atoms with Crippen LogP contribution in [0, 0.1) is 5.92 Å². The molecule has 210 valence electrons. The zero-order chi connectivity index (χ0) is 28.8. The lowest BCUT2D eigenvalue weighted by molar-refractivity contribution is -0.154. The van der Waals surface area contributed by atoms with Crippen LogP contribution in [0.15, 0.2) is 54.6 Å². The smallest absolute Gasteiger partial charge is 0.304 e. The summed E-state index contributed by atoms with van der Waals surface area (Å²) in [4.78, 5) is 54.6. The highest BCUT2D eigenvalue weighted by molar-refractivity contribution is 6.08. The van der Waals surface area contributed by atoms with Gasteiger partial charge in [-0.25, -0.2) is 0 Å². The van der Waals surface area contributed by atoms with E-state index in [0.717, 1.165) is 11.1 Å². The fourth-order valence-corrected chi connectivity index (χ4v) is 5.85. The number of esters is 1. The molecular formula is C30H33N3O7. The fourth-order valence-electron chi connectivity index (χ4n) is 5.85. The van der Waals surface area contributed by atoms with Gasteiger partial charge in [0.1, 0.15) is 0 Å². The van der Waals surface area contributed by atoms with Gasteiger partial charge in [0.15, 0.2) is 11.8 Å². The van der Waals surface area contributed by atoms with Gasteiger partial charge in [0.25, 0.3) is 5.91 Å². The third-order valence-electron chi connectivity index (χ3n) is 8.13. The summed E-state index contributed by atoms with van der Waals surface area (Å²) in [6, 6.07) is 12.4. The largest absolute Gasteiger partial charge is 0.441 e. The van der Waals surface area contributed by atoms with Crippen LogP contribution in [0.1, 0.15) is 43.4 Å². The monoisotopic (exact) mass is 547 g/mol. The summed E-state index contributed by atoms with van der Waals surface area (Å²) < 4.78 is 5.21. The van der Waals surface area contributed by atoms with Crippen molar-refractivity contribution in [3.8, 4) is 0 Å². The highest BCUT2D eigenvalue weighted by Crippen LogP contribution is 2.46. The van der Waals surface area contributed by atoms with Gasteiger partial charge < -0.3 is 24.7 Å². The predicted molar refractivity (Wildman–Crippen MR) is 146 cm³/mol. The molecule has 0 spiro atoms. The third-order valence-corrected chi connectivity index (χ3v) is 8.13. The number of β-lactam (4-membered cyclic amide) rings is 1. The number of likely N-dealkylation sites (N-methyl/N-ethyl adjacent to an activating group) is 1. The van der Waals surface area contributed by atoms with E-state index in [0.29, 0.717) is 29.9 Å². The number of carbonyl (C=O) groups excluding carboxylic acids is 4. The van der Waals surface area contributed by atoms with Crippen molar-refractivity contribution in [1.29, 1.82) is 0 Å². The zero-order valence-corrected chi connectivity index (χ0v) is 22.7. The first-order chi connectivity index (χ1) is 19.1. The molecule has 0 saturated carbocycles. The molecule has 0 aromatic heterocycles. The Labute approximate surface area is 232 Å². The molecule has 10 heteroatoms. The van der Waals surface area contributed by atoms with Gasteiger partial charge in [-0.3, -0.25) is 24.1 Å². The summed E-state index contributed by atoms with van der Waals surface area (Å²) in [5, 5.41) is 21.7. The average molecular weight is 548 g/mol. The molecule has 3 amide bonds. The molecule has 3 aliphatic rings. The van der Waals surface area contributed by atoms with Crippen LogP contribution in [0.25, 0.3) is 0 Å². The summed E-state index contributed by atoms with van der Waals surface area (Å²) >= 11 is 0. The molecule has 0 radical (unpaired) electrons. The van der Waals surface area contributed by atoms with E-state index in [1.54, 1.807) is 49.2 Å². The Morgan fingerprint density at radius 1 is 1.15 bits per heavy atom. The van der Waals surface area contributed by atoms with E-state index in [-0.39, 0.29) is 37.3 Å². The number of aliphatic hydroxyl groups excluding tert-OH is 1. The number of ether oxygens (including phenoxy) is 1. The predicted octanol–water partition coefficient (Wildman–Crippen LogP) is 2.00. The van der Waals surface area contributed by atoms with E-state index in [9.17, 15) is 29.4 Å². The highest BCUT2D eigenvalue weighted by Gasteiger charge is 2.52. The van der Waals surface area contributed by atoms with Crippen molar-refractivity contribution in [2.75, 3.05) is 23.5 Å². The third kappa shape index (κ3) is 4.56.